The first-order valence-corrected chi connectivity index (χ1v) is 7.48. The van der Waals surface area contributed by atoms with Crippen LogP contribution in [0.5, 0.6) is 0 Å². The summed E-state index contributed by atoms with van der Waals surface area (Å²) in [5.74, 6) is 5.69. The molecule has 0 bridgehead atoms. The van der Waals surface area contributed by atoms with Gasteiger partial charge in [-0.25, -0.2) is 0 Å². The van der Waals surface area contributed by atoms with Gasteiger partial charge in [-0.3, -0.25) is 11.3 Å². The highest BCUT2D eigenvalue weighted by atomic mass is 79.9. The first-order chi connectivity index (χ1) is 8.60. The number of hydrazine groups is 1. The first kappa shape index (κ1) is 13.7. The predicted octanol–water partition coefficient (Wildman–Crippen LogP) is 3.87. The first-order valence-electron chi connectivity index (χ1n) is 5.87. The van der Waals surface area contributed by atoms with Crippen molar-refractivity contribution in [2.45, 2.75) is 26.3 Å². The molecule has 96 valence electrons. The van der Waals surface area contributed by atoms with Crippen LogP contribution >= 0.6 is 27.3 Å². The van der Waals surface area contributed by atoms with E-state index in [1.165, 1.54) is 25.4 Å². The van der Waals surface area contributed by atoms with Gasteiger partial charge in [-0.2, -0.15) is 0 Å². The number of hydrogen-bond acceptors (Lipinski definition) is 3. The Bertz CT molecular complexity index is 517. The van der Waals surface area contributed by atoms with E-state index in [9.17, 15) is 0 Å². The van der Waals surface area contributed by atoms with Crippen molar-refractivity contribution in [2.75, 3.05) is 0 Å². The van der Waals surface area contributed by atoms with Crippen molar-refractivity contribution in [1.82, 2.24) is 5.43 Å². The van der Waals surface area contributed by atoms with Crippen molar-refractivity contribution in [3.05, 3.63) is 55.7 Å². The Morgan fingerprint density at radius 3 is 2.67 bits per heavy atom. The van der Waals surface area contributed by atoms with Crippen LogP contribution in [0.25, 0.3) is 0 Å². The third-order valence-electron chi connectivity index (χ3n) is 2.94. The van der Waals surface area contributed by atoms with E-state index < -0.39 is 0 Å². The summed E-state index contributed by atoms with van der Waals surface area (Å²) in [6.45, 7) is 4.21. The van der Waals surface area contributed by atoms with Crippen molar-refractivity contribution in [3.8, 4) is 0 Å². The van der Waals surface area contributed by atoms with Crippen molar-refractivity contribution in [2.24, 2.45) is 5.84 Å². The van der Waals surface area contributed by atoms with E-state index in [1.54, 1.807) is 11.3 Å². The summed E-state index contributed by atoms with van der Waals surface area (Å²) in [6.07, 6.45) is 0.907. The maximum absolute atomic E-state index is 5.69. The van der Waals surface area contributed by atoms with Gasteiger partial charge in [0.15, 0.2) is 0 Å². The zero-order chi connectivity index (χ0) is 13.1. The maximum Gasteiger partial charge on any atom is 0.0731 e. The van der Waals surface area contributed by atoms with E-state index in [4.69, 9.17) is 5.84 Å². The fraction of sp³-hybridized carbons (Fsp3) is 0.286. The standard InChI is InChI=1S/C14H17BrN2S/c1-9-4-3-5-11(6-9)8-12(17-16)13-7-10(2)14(15)18-13/h3-7,12,17H,8,16H2,1-2H3. The van der Waals surface area contributed by atoms with Crippen LogP contribution in [0, 0.1) is 13.8 Å². The number of nitrogens with one attached hydrogen (secondary N) is 1. The highest BCUT2D eigenvalue weighted by Gasteiger charge is 2.14. The molecule has 1 unspecified atom stereocenters. The van der Waals surface area contributed by atoms with Crippen molar-refractivity contribution in [1.29, 1.82) is 0 Å². The van der Waals surface area contributed by atoms with Crippen molar-refractivity contribution >= 4 is 27.3 Å². The molecule has 0 aliphatic carbocycles. The van der Waals surface area contributed by atoms with Gasteiger partial charge in [0.05, 0.1) is 9.83 Å². The normalized spacial score (nSPS) is 12.7. The molecule has 2 aromatic rings. The topological polar surface area (TPSA) is 38.0 Å². The molecule has 0 spiro atoms. The fourth-order valence-corrected chi connectivity index (χ4v) is 3.60. The van der Waals surface area contributed by atoms with E-state index in [1.807, 2.05) is 0 Å². The lowest BCUT2D eigenvalue weighted by Gasteiger charge is -2.14. The Labute approximate surface area is 120 Å². The number of halogens is 1. The van der Waals surface area contributed by atoms with Crippen molar-refractivity contribution in [3.63, 3.8) is 0 Å². The lowest BCUT2D eigenvalue weighted by molar-refractivity contribution is 0.560. The molecule has 0 fully saturated rings. The van der Waals surface area contributed by atoms with E-state index in [0.29, 0.717) is 0 Å². The minimum Gasteiger partial charge on any atom is -0.271 e. The summed E-state index contributed by atoms with van der Waals surface area (Å²) in [7, 11) is 0. The molecular formula is C14H17BrN2S. The molecule has 0 radical (unpaired) electrons. The minimum atomic E-state index is 0.168. The minimum absolute atomic E-state index is 0.168. The lowest BCUT2D eigenvalue weighted by atomic mass is 10.0. The van der Waals surface area contributed by atoms with Crippen LogP contribution < -0.4 is 11.3 Å². The zero-order valence-electron chi connectivity index (χ0n) is 10.5. The van der Waals surface area contributed by atoms with Gasteiger partial charge in [-0.15, -0.1) is 11.3 Å². The van der Waals surface area contributed by atoms with Crippen LogP contribution in [0.15, 0.2) is 34.1 Å². The number of nitrogens with two attached hydrogens (primary N) is 1. The molecule has 0 amide bonds. The van der Waals surface area contributed by atoms with Crippen LogP contribution in [0.1, 0.15) is 27.6 Å². The highest BCUT2D eigenvalue weighted by Crippen LogP contribution is 2.32. The molecule has 1 aromatic carbocycles. The van der Waals surface area contributed by atoms with E-state index >= 15 is 0 Å². The van der Waals surface area contributed by atoms with E-state index in [0.717, 1.165) is 6.42 Å². The summed E-state index contributed by atoms with van der Waals surface area (Å²) in [5.41, 5.74) is 6.77. The van der Waals surface area contributed by atoms with E-state index in [-0.39, 0.29) is 6.04 Å². The number of benzene rings is 1. The quantitative estimate of drug-likeness (QED) is 0.661. The molecule has 18 heavy (non-hydrogen) atoms. The summed E-state index contributed by atoms with van der Waals surface area (Å²) >= 11 is 5.31. The molecule has 4 heteroatoms. The second kappa shape index (κ2) is 5.97. The summed E-state index contributed by atoms with van der Waals surface area (Å²) in [5, 5.41) is 0. The molecule has 3 N–H and O–H groups in total. The Kier molecular flexibility index (Phi) is 4.56. The number of thiophene rings is 1. The van der Waals surface area contributed by atoms with E-state index in [2.05, 4.69) is 65.5 Å². The van der Waals surface area contributed by atoms with Gasteiger partial charge in [-0.1, -0.05) is 29.8 Å². The summed E-state index contributed by atoms with van der Waals surface area (Å²) in [4.78, 5) is 1.27. The van der Waals surface area contributed by atoms with Crippen molar-refractivity contribution < 1.29 is 0 Å². The van der Waals surface area contributed by atoms with Gasteiger partial charge in [0, 0.05) is 4.88 Å². The average molecular weight is 325 g/mol. The Hall–Kier alpha value is -0.680. The molecule has 0 aliphatic heterocycles. The largest absolute Gasteiger partial charge is 0.271 e. The van der Waals surface area contributed by atoms with Crippen LogP contribution in [0.3, 0.4) is 0 Å². The molecular weight excluding hydrogens is 308 g/mol. The SMILES string of the molecule is Cc1cccc(CC(NN)c2cc(C)c(Br)s2)c1. The molecule has 1 heterocycles. The third kappa shape index (κ3) is 3.20. The van der Waals surface area contributed by atoms with Gasteiger partial charge < -0.3 is 0 Å². The van der Waals surface area contributed by atoms with Crippen LogP contribution in [0.4, 0.5) is 0 Å². The van der Waals surface area contributed by atoms with Crippen LogP contribution in [-0.4, -0.2) is 0 Å². The predicted molar refractivity (Wildman–Crippen MR) is 81.7 cm³/mol. The average Bonchev–Trinajstić information content (AvgIpc) is 2.66. The number of rotatable bonds is 4. The van der Waals surface area contributed by atoms with Gasteiger partial charge in [0.1, 0.15) is 0 Å². The second-order valence-electron chi connectivity index (χ2n) is 4.52. The summed E-state index contributed by atoms with van der Waals surface area (Å²) in [6, 6.07) is 10.9. The molecule has 0 saturated carbocycles. The van der Waals surface area contributed by atoms with Gasteiger partial charge in [0.2, 0.25) is 0 Å². The molecule has 1 atom stereocenters. The zero-order valence-corrected chi connectivity index (χ0v) is 12.9. The maximum atomic E-state index is 5.69. The third-order valence-corrected chi connectivity index (χ3v) is 5.19. The number of hydrogen-bond donors (Lipinski definition) is 2. The molecule has 0 aliphatic rings. The number of aryl methyl sites for hydroxylation is 2. The Balaban J connectivity index is 2.19. The molecule has 2 nitrogen and oxygen atoms in total. The highest BCUT2D eigenvalue weighted by molar-refractivity contribution is 9.11. The van der Waals surface area contributed by atoms with Crippen LogP contribution in [-0.2, 0) is 6.42 Å². The lowest BCUT2D eigenvalue weighted by Crippen LogP contribution is -2.28. The fourth-order valence-electron chi connectivity index (χ4n) is 1.97. The van der Waals surface area contributed by atoms with Gasteiger partial charge >= 0.3 is 0 Å². The Morgan fingerprint density at radius 1 is 1.33 bits per heavy atom. The Morgan fingerprint density at radius 2 is 2.11 bits per heavy atom. The molecule has 2 rings (SSSR count). The molecule has 1 aromatic heterocycles. The second-order valence-corrected chi connectivity index (χ2v) is 6.92. The smallest absolute Gasteiger partial charge is 0.0731 e. The summed E-state index contributed by atoms with van der Waals surface area (Å²) < 4.78 is 1.18. The van der Waals surface area contributed by atoms with Gasteiger partial charge in [-0.05, 0) is 53.4 Å². The van der Waals surface area contributed by atoms with Crippen LogP contribution in [0.2, 0.25) is 0 Å². The molecule has 0 saturated heterocycles. The van der Waals surface area contributed by atoms with Gasteiger partial charge in [0.25, 0.3) is 0 Å². The monoisotopic (exact) mass is 324 g/mol.